The van der Waals surface area contributed by atoms with Gasteiger partial charge in [0.15, 0.2) is 0 Å². The van der Waals surface area contributed by atoms with Crippen LogP contribution in [0.4, 0.5) is 0 Å². The fraction of sp³-hybridized carbons (Fsp3) is 0.417. The molecule has 0 aromatic heterocycles. The molecule has 0 unspecified atom stereocenters. The summed E-state index contributed by atoms with van der Waals surface area (Å²) in [5, 5.41) is 3.43. The van der Waals surface area contributed by atoms with Crippen molar-refractivity contribution < 1.29 is 4.79 Å². The van der Waals surface area contributed by atoms with Crippen LogP contribution in [0.5, 0.6) is 0 Å². The van der Waals surface area contributed by atoms with Crippen LogP contribution >= 0.6 is 11.8 Å². The second-order valence-electron chi connectivity index (χ2n) is 4.08. The molecule has 1 aliphatic rings. The smallest absolute Gasteiger partial charge is 0.252 e. The predicted octanol–water partition coefficient (Wildman–Crippen LogP) is 2.61. The summed E-state index contributed by atoms with van der Waals surface area (Å²) in [5.74, 6) is 0.0537. The van der Waals surface area contributed by atoms with Gasteiger partial charge in [0.05, 0.1) is 5.56 Å². The third-order valence-electron chi connectivity index (χ3n) is 2.76. The molecule has 1 aliphatic heterocycles. The summed E-state index contributed by atoms with van der Waals surface area (Å²) in [5.41, 5.74) is 1.95. The maximum absolute atomic E-state index is 11.9. The van der Waals surface area contributed by atoms with Crippen molar-refractivity contribution >= 4 is 17.7 Å². The van der Waals surface area contributed by atoms with E-state index >= 15 is 0 Å². The Morgan fingerprint density at radius 1 is 1.33 bits per heavy atom. The largest absolute Gasteiger partial charge is 0.348 e. The second kappa shape index (κ2) is 3.89. The van der Waals surface area contributed by atoms with E-state index in [0.29, 0.717) is 5.25 Å². The van der Waals surface area contributed by atoms with Gasteiger partial charge in [-0.25, -0.2) is 0 Å². The maximum atomic E-state index is 11.9. The van der Waals surface area contributed by atoms with Gasteiger partial charge in [0.25, 0.3) is 5.91 Å². The summed E-state index contributed by atoms with van der Waals surface area (Å²) in [6, 6.07) is 6.28. The zero-order valence-electron chi connectivity index (χ0n) is 9.20. The molecule has 0 saturated carbocycles. The second-order valence-corrected chi connectivity index (χ2v) is 5.50. The summed E-state index contributed by atoms with van der Waals surface area (Å²) in [4.78, 5) is 13.0. The minimum absolute atomic E-state index is 0.0537. The Bertz CT molecular complexity index is 403. The third kappa shape index (κ3) is 2.02. The molecule has 3 heteroatoms. The first kappa shape index (κ1) is 10.6. The normalized spacial score (nSPS) is 25.4. The number of fused-ring (bicyclic) bond motifs is 1. The van der Waals surface area contributed by atoms with Crippen LogP contribution in [0.2, 0.25) is 0 Å². The molecule has 2 atom stereocenters. The number of hydrogen-bond donors (Lipinski definition) is 1. The SMILES string of the molecule is Cc1ccc2c(c1)C(=O)N[C@@H](C)[C@@H](C)S2. The average molecular weight is 221 g/mol. The van der Waals surface area contributed by atoms with Crippen molar-refractivity contribution in [2.24, 2.45) is 0 Å². The highest BCUT2D eigenvalue weighted by atomic mass is 32.2. The Labute approximate surface area is 94.4 Å². The highest BCUT2D eigenvalue weighted by Gasteiger charge is 2.24. The molecule has 80 valence electrons. The quantitative estimate of drug-likeness (QED) is 0.729. The first-order valence-corrected chi connectivity index (χ1v) is 6.04. The van der Waals surface area contributed by atoms with E-state index in [1.54, 1.807) is 11.8 Å². The maximum Gasteiger partial charge on any atom is 0.252 e. The van der Waals surface area contributed by atoms with Crippen LogP contribution in [0.25, 0.3) is 0 Å². The van der Waals surface area contributed by atoms with Crippen molar-refractivity contribution in [3.05, 3.63) is 29.3 Å². The number of hydrogen-bond acceptors (Lipinski definition) is 2. The van der Waals surface area contributed by atoms with E-state index < -0.39 is 0 Å². The molecular formula is C12H15NOS. The standard InChI is InChI=1S/C12H15NOS/c1-7-4-5-11-10(6-7)12(14)13-8(2)9(3)15-11/h4-6,8-9H,1-3H3,(H,13,14)/t8-,9+/m0/s1. The molecule has 15 heavy (non-hydrogen) atoms. The van der Waals surface area contributed by atoms with Gasteiger partial charge in [0.1, 0.15) is 0 Å². The molecule has 1 heterocycles. The topological polar surface area (TPSA) is 29.1 Å². The Kier molecular flexibility index (Phi) is 2.74. The Hall–Kier alpha value is -0.960. The highest BCUT2D eigenvalue weighted by Crippen LogP contribution is 2.31. The van der Waals surface area contributed by atoms with E-state index in [2.05, 4.69) is 18.3 Å². The molecule has 1 amide bonds. The molecule has 1 aromatic rings. The number of benzene rings is 1. The van der Waals surface area contributed by atoms with E-state index in [9.17, 15) is 4.79 Å². The molecule has 1 aromatic carbocycles. The molecule has 0 aliphatic carbocycles. The average Bonchev–Trinajstić information content (AvgIpc) is 2.28. The number of carbonyl (C=O) groups excluding carboxylic acids is 1. The van der Waals surface area contributed by atoms with Gasteiger partial charge in [0, 0.05) is 16.2 Å². The van der Waals surface area contributed by atoms with E-state index in [1.165, 1.54) is 0 Å². The van der Waals surface area contributed by atoms with E-state index in [-0.39, 0.29) is 11.9 Å². The lowest BCUT2D eigenvalue weighted by Crippen LogP contribution is -2.36. The van der Waals surface area contributed by atoms with Crippen molar-refractivity contribution in [2.75, 3.05) is 0 Å². The van der Waals surface area contributed by atoms with E-state index in [4.69, 9.17) is 0 Å². The lowest BCUT2D eigenvalue weighted by Gasteiger charge is -2.15. The monoisotopic (exact) mass is 221 g/mol. The van der Waals surface area contributed by atoms with E-state index in [0.717, 1.165) is 16.0 Å². The highest BCUT2D eigenvalue weighted by molar-refractivity contribution is 8.00. The van der Waals surface area contributed by atoms with Crippen LogP contribution in [0.3, 0.4) is 0 Å². The zero-order chi connectivity index (χ0) is 11.0. The van der Waals surface area contributed by atoms with E-state index in [1.807, 2.05) is 26.0 Å². The van der Waals surface area contributed by atoms with Gasteiger partial charge in [-0.3, -0.25) is 4.79 Å². The summed E-state index contributed by atoms with van der Waals surface area (Å²) < 4.78 is 0. The van der Waals surface area contributed by atoms with Crippen molar-refractivity contribution in [3.8, 4) is 0 Å². The van der Waals surface area contributed by atoms with Crippen LogP contribution in [0, 0.1) is 6.92 Å². The Morgan fingerprint density at radius 2 is 2.07 bits per heavy atom. The van der Waals surface area contributed by atoms with Crippen LogP contribution in [0.1, 0.15) is 29.8 Å². The third-order valence-corrected chi connectivity index (χ3v) is 4.15. The number of amides is 1. The van der Waals surface area contributed by atoms with Gasteiger partial charge in [-0.1, -0.05) is 18.6 Å². The van der Waals surface area contributed by atoms with Gasteiger partial charge in [-0.05, 0) is 26.0 Å². The molecule has 1 N–H and O–H groups in total. The predicted molar refractivity (Wildman–Crippen MR) is 63.4 cm³/mol. The number of nitrogens with one attached hydrogen (secondary N) is 1. The van der Waals surface area contributed by atoms with Gasteiger partial charge in [0.2, 0.25) is 0 Å². The number of thioether (sulfide) groups is 1. The summed E-state index contributed by atoms with van der Waals surface area (Å²) in [6.07, 6.45) is 0. The van der Waals surface area contributed by atoms with Crippen LogP contribution < -0.4 is 5.32 Å². The fourth-order valence-corrected chi connectivity index (χ4v) is 2.73. The molecule has 2 nitrogen and oxygen atoms in total. The molecule has 0 bridgehead atoms. The molecule has 0 saturated heterocycles. The molecule has 0 spiro atoms. The van der Waals surface area contributed by atoms with Crippen LogP contribution in [-0.4, -0.2) is 17.2 Å². The van der Waals surface area contributed by atoms with Crippen molar-refractivity contribution in [1.29, 1.82) is 0 Å². The van der Waals surface area contributed by atoms with Crippen molar-refractivity contribution in [1.82, 2.24) is 5.32 Å². The Balaban J connectivity index is 2.46. The van der Waals surface area contributed by atoms with Crippen LogP contribution in [0.15, 0.2) is 23.1 Å². The Morgan fingerprint density at radius 3 is 2.80 bits per heavy atom. The van der Waals surface area contributed by atoms with Crippen molar-refractivity contribution in [3.63, 3.8) is 0 Å². The number of aryl methyl sites for hydroxylation is 1. The first-order chi connectivity index (χ1) is 7.08. The van der Waals surface area contributed by atoms with Gasteiger partial charge >= 0.3 is 0 Å². The molecule has 0 fully saturated rings. The number of rotatable bonds is 0. The fourth-order valence-electron chi connectivity index (χ4n) is 1.63. The first-order valence-electron chi connectivity index (χ1n) is 5.16. The zero-order valence-corrected chi connectivity index (χ0v) is 10.0. The van der Waals surface area contributed by atoms with Gasteiger partial charge in [-0.2, -0.15) is 0 Å². The summed E-state index contributed by atoms with van der Waals surface area (Å²) >= 11 is 1.77. The lowest BCUT2D eigenvalue weighted by molar-refractivity contribution is 0.0939. The minimum atomic E-state index is 0.0537. The number of carbonyl (C=O) groups is 1. The molecule has 2 rings (SSSR count). The summed E-state index contributed by atoms with van der Waals surface area (Å²) in [7, 11) is 0. The van der Waals surface area contributed by atoms with Gasteiger partial charge < -0.3 is 5.32 Å². The van der Waals surface area contributed by atoms with Gasteiger partial charge in [-0.15, -0.1) is 11.8 Å². The molecule has 0 radical (unpaired) electrons. The minimum Gasteiger partial charge on any atom is -0.348 e. The van der Waals surface area contributed by atoms with Crippen molar-refractivity contribution in [2.45, 2.75) is 37.0 Å². The molecular weight excluding hydrogens is 206 g/mol. The summed E-state index contributed by atoms with van der Waals surface area (Å²) in [6.45, 7) is 6.20. The van der Waals surface area contributed by atoms with Crippen LogP contribution in [-0.2, 0) is 0 Å². The lowest BCUT2D eigenvalue weighted by atomic mass is 10.1.